The molecule has 0 bridgehead atoms. The maximum Gasteiger partial charge on any atom is 0.168 e. The van der Waals surface area contributed by atoms with Gasteiger partial charge >= 0.3 is 0 Å². The fourth-order valence-electron chi connectivity index (χ4n) is 2.55. The Morgan fingerprint density at radius 2 is 2.12 bits per heavy atom. The summed E-state index contributed by atoms with van der Waals surface area (Å²) in [6, 6.07) is 0. The van der Waals surface area contributed by atoms with Crippen molar-refractivity contribution in [3.8, 4) is 0 Å². The molecule has 1 aliphatic heterocycles. The van der Waals surface area contributed by atoms with Crippen LogP contribution in [-0.2, 0) is 9.47 Å². The van der Waals surface area contributed by atoms with Gasteiger partial charge in [0.15, 0.2) is 5.79 Å². The summed E-state index contributed by atoms with van der Waals surface area (Å²) in [6.45, 7) is 5.22. The van der Waals surface area contributed by atoms with E-state index in [-0.39, 0.29) is 5.79 Å². The van der Waals surface area contributed by atoms with E-state index < -0.39 is 0 Å². The van der Waals surface area contributed by atoms with Gasteiger partial charge in [-0.25, -0.2) is 0 Å². The van der Waals surface area contributed by atoms with Crippen molar-refractivity contribution in [1.29, 1.82) is 0 Å². The fraction of sp³-hybridized carbons (Fsp3) is 0.846. The number of halogens is 1. The van der Waals surface area contributed by atoms with Crippen molar-refractivity contribution in [3.05, 3.63) is 9.66 Å². The van der Waals surface area contributed by atoms with Gasteiger partial charge in [0.25, 0.3) is 0 Å². The van der Waals surface area contributed by atoms with Crippen LogP contribution in [0.1, 0.15) is 46.0 Å². The molecule has 2 aliphatic rings. The lowest BCUT2D eigenvalue weighted by Gasteiger charge is -2.41. The van der Waals surface area contributed by atoms with E-state index in [1.807, 2.05) is 0 Å². The predicted molar refractivity (Wildman–Crippen MR) is 73.6 cm³/mol. The van der Waals surface area contributed by atoms with E-state index in [1.54, 1.807) is 0 Å². The smallest absolute Gasteiger partial charge is 0.168 e. The van der Waals surface area contributed by atoms with E-state index in [2.05, 4.69) is 42.5 Å². The zero-order valence-corrected chi connectivity index (χ0v) is 12.3. The largest absolute Gasteiger partial charge is 0.350 e. The minimum Gasteiger partial charge on any atom is -0.350 e. The highest BCUT2D eigenvalue weighted by atomic mass is 127. The summed E-state index contributed by atoms with van der Waals surface area (Å²) in [6.07, 6.45) is 8.32. The Labute approximate surface area is 112 Å². The molecule has 0 unspecified atom stereocenters. The highest BCUT2D eigenvalue weighted by Gasteiger charge is 2.43. The van der Waals surface area contributed by atoms with Crippen LogP contribution in [0, 0.1) is 5.92 Å². The molecule has 0 aromatic carbocycles. The van der Waals surface area contributed by atoms with Crippen LogP contribution < -0.4 is 0 Å². The molecule has 0 aromatic rings. The number of hydrogen-bond donors (Lipinski definition) is 0. The molecule has 16 heavy (non-hydrogen) atoms. The number of hydrogen-bond acceptors (Lipinski definition) is 2. The summed E-state index contributed by atoms with van der Waals surface area (Å²) in [5.41, 5.74) is 0. The lowest BCUT2D eigenvalue weighted by molar-refractivity contribution is -0.304. The van der Waals surface area contributed by atoms with Crippen molar-refractivity contribution in [1.82, 2.24) is 0 Å². The van der Waals surface area contributed by atoms with Gasteiger partial charge in [0, 0.05) is 18.8 Å². The van der Waals surface area contributed by atoms with Crippen molar-refractivity contribution in [2.45, 2.75) is 57.8 Å². The molecule has 0 aromatic heterocycles. The third-order valence-corrected chi connectivity index (χ3v) is 4.05. The van der Waals surface area contributed by atoms with Gasteiger partial charge in [0.05, 0.1) is 12.7 Å². The summed E-state index contributed by atoms with van der Waals surface area (Å²) in [7, 11) is 0. The Morgan fingerprint density at radius 3 is 2.75 bits per heavy atom. The van der Waals surface area contributed by atoms with E-state index in [1.165, 1.54) is 16.4 Å². The SMILES string of the molecule is C/C(I)=C/C[C@H]1OC2(CCCC2)OC[C@@H]1C. The van der Waals surface area contributed by atoms with Crippen LogP contribution in [0.25, 0.3) is 0 Å². The van der Waals surface area contributed by atoms with Crippen molar-refractivity contribution < 1.29 is 9.47 Å². The minimum absolute atomic E-state index is 0.218. The lowest BCUT2D eigenvalue weighted by Crippen LogP contribution is -2.46. The van der Waals surface area contributed by atoms with Crippen LogP contribution in [0.3, 0.4) is 0 Å². The van der Waals surface area contributed by atoms with E-state index in [9.17, 15) is 0 Å². The molecule has 0 N–H and O–H groups in total. The second-order valence-electron chi connectivity index (χ2n) is 5.09. The van der Waals surface area contributed by atoms with Gasteiger partial charge in [-0.2, -0.15) is 0 Å². The van der Waals surface area contributed by atoms with Crippen LogP contribution in [0.4, 0.5) is 0 Å². The Balaban J connectivity index is 1.97. The molecular weight excluding hydrogens is 315 g/mol. The van der Waals surface area contributed by atoms with Crippen LogP contribution in [0.5, 0.6) is 0 Å². The third kappa shape index (κ3) is 2.99. The standard InChI is InChI=1S/C13H21IO2/c1-10-9-15-13(7-3-4-8-13)16-12(10)6-5-11(2)14/h5,10,12H,3-4,6-9H2,1-2H3/b11-5-/t10-,12+/m0/s1. The third-order valence-electron chi connectivity index (χ3n) is 3.61. The van der Waals surface area contributed by atoms with Crippen LogP contribution in [-0.4, -0.2) is 18.5 Å². The molecule has 1 aliphatic carbocycles. The van der Waals surface area contributed by atoms with Gasteiger partial charge < -0.3 is 9.47 Å². The molecule has 0 radical (unpaired) electrons. The summed E-state index contributed by atoms with van der Waals surface area (Å²) >= 11 is 2.36. The fourth-order valence-corrected chi connectivity index (χ4v) is 2.81. The van der Waals surface area contributed by atoms with Gasteiger partial charge in [0.2, 0.25) is 0 Å². The van der Waals surface area contributed by atoms with Crippen LogP contribution in [0.15, 0.2) is 9.66 Å². The molecular formula is C13H21IO2. The first-order chi connectivity index (χ1) is 7.61. The molecule has 1 spiro atoms. The molecule has 1 saturated carbocycles. The molecule has 2 rings (SSSR count). The number of rotatable bonds is 2. The Kier molecular flexibility index (Phi) is 4.30. The second kappa shape index (κ2) is 5.36. The van der Waals surface area contributed by atoms with Gasteiger partial charge in [0.1, 0.15) is 0 Å². The van der Waals surface area contributed by atoms with E-state index in [0.717, 1.165) is 25.9 Å². The lowest BCUT2D eigenvalue weighted by atomic mass is 9.99. The molecule has 2 nitrogen and oxygen atoms in total. The highest BCUT2D eigenvalue weighted by Crippen LogP contribution is 2.40. The molecule has 0 amide bonds. The summed E-state index contributed by atoms with van der Waals surface area (Å²) in [4.78, 5) is 0. The zero-order valence-electron chi connectivity index (χ0n) is 10.2. The maximum atomic E-state index is 6.23. The second-order valence-corrected chi connectivity index (χ2v) is 6.79. The molecule has 92 valence electrons. The van der Waals surface area contributed by atoms with Crippen LogP contribution in [0.2, 0.25) is 0 Å². The summed E-state index contributed by atoms with van der Waals surface area (Å²) < 4.78 is 13.5. The monoisotopic (exact) mass is 336 g/mol. The number of allylic oxidation sites excluding steroid dienone is 1. The molecule has 1 saturated heterocycles. The Bertz CT molecular complexity index is 265. The maximum absolute atomic E-state index is 6.23. The first kappa shape index (κ1) is 12.8. The van der Waals surface area contributed by atoms with Crippen molar-refractivity contribution >= 4 is 22.6 Å². The van der Waals surface area contributed by atoms with Crippen molar-refractivity contribution in [3.63, 3.8) is 0 Å². The average molecular weight is 336 g/mol. The van der Waals surface area contributed by atoms with Crippen molar-refractivity contribution in [2.24, 2.45) is 5.92 Å². The van der Waals surface area contributed by atoms with Crippen LogP contribution >= 0.6 is 22.6 Å². The summed E-state index contributed by atoms with van der Waals surface area (Å²) in [5.74, 6) is 0.294. The Hall–Kier alpha value is 0.390. The van der Waals surface area contributed by atoms with Gasteiger partial charge in [-0.3, -0.25) is 0 Å². The Morgan fingerprint density at radius 1 is 1.44 bits per heavy atom. The van der Waals surface area contributed by atoms with E-state index in [4.69, 9.17) is 9.47 Å². The van der Waals surface area contributed by atoms with Gasteiger partial charge in [-0.1, -0.05) is 13.0 Å². The molecule has 1 heterocycles. The average Bonchev–Trinajstić information content (AvgIpc) is 2.68. The highest BCUT2D eigenvalue weighted by molar-refractivity contribution is 14.1. The van der Waals surface area contributed by atoms with E-state index >= 15 is 0 Å². The minimum atomic E-state index is -0.218. The molecule has 3 heteroatoms. The quantitative estimate of drug-likeness (QED) is 0.709. The first-order valence-electron chi connectivity index (χ1n) is 6.25. The van der Waals surface area contributed by atoms with Gasteiger partial charge in [-0.15, -0.1) is 0 Å². The van der Waals surface area contributed by atoms with Gasteiger partial charge in [-0.05, 0) is 52.4 Å². The van der Waals surface area contributed by atoms with Crippen molar-refractivity contribution in [2.75, 3.05) is 6.61 Å². The molecule has 2 fully saturated rings. The molecule has 2 atom stereocenters. The zero-order chi connectivity index (χ0) is 11.6. The van der Waals surface area contributed by atoms with E-state index in [0.29, 0.717) is 12.0 Å². The summed E-state index contributed by atoms with van der Waals surface area (Å²) in [5, 5.41) is 0. The normalized spacial score (nSPS) is 34.6. The number of ether oxygens (including phenoxy) is 2. The topological polar surface area (TPSA) is 18.5 Å². The first-order valence-corrected chi connectivity index (χ1v) is 7.33. The predicted octanol–water partition coefficient (Wildman–Crippen LogP) is 4.04.